The smallest absolute Gasteiger partial charge is 0.315 e. The number of nitrogens with one attached hydrogen (secondary N) is 1. The number of hydrogen-bond donors (Lipinski definition) is 1. The SMILES string of the molecule is CCOC(=O)C(c1[nH]c2ccc(OC)c(C)c2c1SC(C)(C)C)C1CCCC1. The molecule has 1 aromatic carbocycles. The van der Waals surface area contributed by atoms with Crippen LogP contribution in [0.25, 0.3) is 10.9 Å². The van der Waals surface area contributed by atoms with E-state index in [4.69, 9.17) is 9.47 Å². The molecule has 28 heavy (non-hydrogen) atoms. The first-order valence-corrected chi connectivity index (χ1v) is 11.1. The lowest BCUT2D eigenvalue weighted by molar-refractivity contribution is -0.146. The highest BCUT2D eigenvalue weighted by molar-refractivity contribution is 8.00. The number of benzene rings is 1. The van der Waals surface area contributed by atoms with Gasteiger partial charge in [0.1, 0.15) is 11.7 Å². The molecule has 0 aliphatic heterocycles. The predicted octanol–water partition coefficient (Wildman–Crippen LogP) is 6.21. The Morgan fingerprint density at radius 2 is 1.96 bits per heavy atom. The molecule has 1 unspecified atom stereocenters. The summed E-state index contributed by atoms with van der Waals surface area (Å²) < 4.78 is 11.1. The van der Waals surface area contributed by atoms with E-state index in [1.165, 1.54) is 23.1 Å². The molecule has 1 fully saturated rings. The van der Waals surface area contributed by atoms with Crippen LogP contribution in [0.15, 0.2) is 17.0 Å². The van der Waals surface area contributed by atoms with E-state index in [1.807, 2.05) is 24.8 Å². The zero-order chi connectivity index (χ0) is 20.5. The Kier molecular flexibility index (Phi) is 6.33. The number of thioether (sulfide) groups is 1. The minimum absolute atomic E-state index is 0.0221. The number of hydrogen-bond acceptors (Lipinski definition) is 4. The topological polar surface area (TPSA) is 51.3 Å². The highest BCUT2D eigenvalue weighted by Crippen LogP contribution is 2.48. The first-order valence-electron chi connectivity index (χ1n) is 10.3. The normalized spacial score (nSPS) is 16.5. The predicted molar refractivity (Wildman–Crippen MR) is 117 cm³/mol. The van der Waals surface area contributed by atoms with Gasteiger partial charge in [-0.2, -0.15) is 0 Å². The lowest BCUT2D eigenvalue weighted by Crippen LogP contribution is -2.24. The number of aryl methyl sites for hydroxylation is 1. The molecule has 2 aromatic rings. The number of ether oxygens (including phenoxy) is 2. The lowest BCUT2D eigenvalue weighted by atomic mass is 9.88. The van der Waals surface area contributed by atoms with E-state index in [9.17, 15) is 4.79 Å². The number of aromatic nitrogens is 1. The summed E-state index contributed by atoms with van der Waals surface area (Å²) in [6.45, 7) is 11.0. The zero-order valence-corrected chi connectivity index (χ0v) is 18.8. The van der Waals surface area contributed by atoms with Gasteiger partial charge < -0.3 is 14.5 Å². The van der Waals surface area contributed by atoms with Crippen molar-refractivity contribution in [1.29, 1.82) is 0 Å². The van der Waals surface area contributed by atoms with Crippen molar-refractivity contribution in [2.45, 2.75) is 75.9 Å². The molecular formula is C23H33NO3S. The summed E-state index contributed by atoms with van der Waals surface area (Å²) in [7, 11) is 1.71. The summed E-state index contributed by atoms with van der Waals surface area (Å²) in [5.74, 6) is 0.891. The summed E-state index contributed by atoms with van der Waals surface area (Å²) in [4.78, 5) is 17.8. The van der Waals surface area contributed by atoms with Crippen LogP contribution in [0, 0.1) is 12.8 Å². The molecule has 4 nitrogen and oxygen atoms in total. The van der Waals surface area contributed by atoms with Gasteiger partial charge in [0.15, 0.2) is 0 Å². The maximum absolute atomic E-state index is 13.1. The second-order valence-corrected chi connectivity index (χ2v) is 10.5. The summed E-state index contributed by atoms with van der Waals surface area (Å²) in [5, 5.41) is 1.17. The van der Waals surface area contributed by atoms with Crippen LogP contribution in [0.2, 0.25) is 0 Å². The lowest BCUT2D eigenvalue weighted by Gasteiger charge is -2.25. The van der Waals surface area contributed by atoms with Crippen molar-refractivity contribution in [2.75, 3.05) is 13.7 Å². The highest BCUT2D eigenvalue weighted by Gasteiger charge is 2.37. The number of methoxy groups -OCH3 is 1. The third-order valence-electron chi connectivity index (χ3n) is 5.51. The molecule has 1 N–H and O–H groups in total. The molecule has 154 valence electrons. The average Bonchev–Trinajstić information content (AvgIpc) is 3.24. The first kappa shape index (κ1) is 21.1. The van der Waals surface area contributed by atoms with Crippen LogP contribution in [-0.2, 0) is 9.53 Å². The van der Waals surface area contributed by atoms with Crippen LogP contribution in [0.4, 0.5) is 0 Å². The zero-order valence-electron chi connectivity index (χ0n) is 18.0. The number of carbonyl (C=O) groups excluding carboxylic acids is 1. The Balaban J connectivity index is 2.22. The molecule has 1 saturated carbocycles. The second kappa shape index (κ2) is 8.40. The van der Waals surface area contributed by atoms with Gasteiger partial charge in [-0.15, -0.1) is 11.8 Å². The summed E-state index contributed by atoms with van der Waals surface area (Å²) in [5.41, 5.74) is 3.20. The van der Waals surface area contributed by atoms with Crippen molar-refractivity contribution in [3.8, 4) is 5.75 Å². The van der Waals surface area contributed by atoms with Gasteiger partial charge in [0.2, 0.25) is 0 Å². The number of rotatable bonds is 6. The molecule has 3 rings (SSSR count). The molecule has 1 atom stereocenters. The van der Waals surface area contributed by atoms with Crippen LogP contribution in [0.5, 0.6) is 5.75 Å². The van der Waals surface area contributed by atoms with E-state index in [-0.39, 0.29) is 16.6 Å². The molecule has 1 aromatic heterocycles. The van der Waals surface area contributed by atoms with Gasteiger partial charge in [-0.05, 0) is 44.7 Å². The summed E-state index contributed by atoms with van der Waals surface area (Å²) >= 11 is 1.82. The van der Waals surface area contributed by atoms with Crippen LogP contribution < -0.4 is 4.74 Å². The van der Waals surface area contributed by atoms with E-state index in [0.29, 0.717) is 12.5 Å². The third kappa shape index (κ3) is 4.19. The van der Waals surface area contributed by atoms with E-state index in [2.05, 4.69) is 38.7 Å². The Bertz CT molecular complexity index is 844. The molecular weight excluding hydrogens is 370 g/mol. The molecule has 5 heteroatoms. The summed E-state index contributed by atoms with van der Waals surface area (Å²) in [6.07, 6.45) is 4.55. The quantitative estimate of drug-likeness (QED) is 0.460. The fourth-order valence-corrected chi connectivity index (χ4v) is 5.61. The Hall–Kier alpha value is -1.62. The maximum Gasteiger partial charge on any atom is 0.315 e. The van der Waals surface area contributed by atoms with Gasteiger partial charge in [0.25, 0.3) is 0 Å². The fraction of sp³-hybridized carbons (Fsp3) is 0.609. The monoisotopic (exact) mass is 403 g/mol. The van der Waals surface area contributed by atoms with E-state index < -0.39 is 0 Å². The number of carbonyl (C=O) groups is 1. The summed E-state index contributed by atoms with van der Waals surface area (Å²) in [6, 6.07) is 4.06. The molecule has 0 saturated heterocycles. The van der Waals surface area contributed by atoms with Crippen LogP contribution in [-0.4, -0.2) is 29.4 Å². The van der Waals surface area contributed by atoms with Crippen LogP contribution in [0.3, 0.4) is 0 Å². The van der Waals surface area contributed by atoms with Crippen molar-refractivity contribution in [3.63, 3.8) is 0 Å². The average molecular weight is 404 g/mol. The Labute approximate surface area is 172 Å². The largest absolute Gasteiger partial charge is 0.496 e. The van der Waals surface area contributed by atoms with Crippen molar-refractivity contribution >= 4 is 28.6 Å². The van der Waals surface area contributed by atoms with Crippen LogP contribution >= 0.6 is 11.8 Å². The molecule has 0 bridgehead atoms. The Morgan fingerprint density at radius 1 is 1.29 bits per heavy atom. The Morgan fingerprint density at radius 3 is 2.54 bits per heavy atom. The number of fused-ring (bicyclic) bond motifs is 1. The van der Waals surface area contributed by atoms with Crippen molar-refractivity contribution in [3.05, 3.63) is 23.4 Å². The van der Waals surface area contributed by atoms with Gasteiger partial charge in [-0.3, -0.25) is 4.79 Å². The molecule has 0 radical (unpaired) electrons. The molecule has 1 aliphatic rings. The number of H-pyrrole nitrogens is 1. The third-order valence-corrected chi connectivity index (χ3v) is 6.75. The van der Waals surface area contributed by atoms with Crippen molar-refractivity contribution < 1.29 is 14.3 Å². The maximum atomic E-state index is 13.1. The first-order chi connectivity index (χ1) is 13.3. The highest BCUT2D eigenvalue weighted by atomic mass is 32.2. The van der Waals surface area contributed by atoms with Gasteiger partial charge in [-0.25, -0.2) is 0 Å². The van der Waals surface area contributed by atoms with Gasteiger partial charge in [0.05, 0.1) is 13.7 Å². The van der Waals surface area contributed by atoms with Gasteiger partial charge in [0, 0.05) is 31.8 Å². The number of esters is 1. The van der Waals surface area contributed by atoms with Gasteiger partial charge in [-0.1, -0.05) is 33.6 Å². The number of aromatic amines is 1. The molecule has 0 spiro atoms. The van der Waals surface area contributed by atoms with E-state index >= 15 is 0 Å². The standard InChI is InChI=1S/C23H33NO3S/c1-7-27-22(25)19(15-10-8-9-11-15)20-21(28-23(3,4)5)18-14(2)17(26-6)13-12-16(18)24-20/h12-13,15,19,24H,7-11H2,1-6H3. The molecule has 0 amide bonds. The minimum Gasteiger partial charge on any atom is -0.496 e. The van der Waals surface area contributed by atoms with Gasteiger partial charge >= 0.3 is 5.97 Å². The fourth-order valence-electron chi connectivity index (χ4n) is 4.35. The van der Waals surface area contributed by atoms with Crippen LogP contribution in [0.1, 0.15) is 70.6 Å². The van der Waals surface area contributed by atoms with E-state index in [1.54, 1.807) is 7.11 Å². The second-order valence-electron chi connectivity index (χ2n) is 8.67. The van der Waals surface area contributed by atoms with Crippen molar-refractivity contribution in [2.24, 2.45) is 5.92 Å². The minimum atomic E-state index is -0.231. The van der Waals surface area contributed by atoms with E-state index in [0.717, 1.165) is 35.4 Å². The molecule has 1 heterocycles. The molecule has 1 aliphatic carbocycles. The van der Waals surface area contributed by atoms with Crippen molar-refractivity contribution in [1.82, 2.24) is 4.98 Å².